The maximum Gasteiger partial charge on any atom is 0.492 e. The quantitative estimate of drug-likeness (QED) is 0.602. The number of aromatic carboxylic acids is 1. The average Bonchev–Trinajstić information content (AvgIpc) is 2.72. The van der Waals surface area contributed by atoms with Crippen molar-refractivity contribution in [3.63, 3.8) is 0 Å². The molecule has 0 saturated carbocycles. The molecule has 2 rings (SSSR count). The molecule has 0 bridgehead atoms. The Balaban J connectivity index is 2.45. The third-order valence-electron chi connectivity index (χ3n) is 4.57. The van der Waals surface area contributed by atoms with Crippen molar-refractivity contribution in [1.82, 2.24) is 10.3 Å². The zero-order valence-corrected chi connectivity index (χ0v) is 16.2. The molecule has 0 aliphatic carbocycles. The molecule has 0 aromatic carbocycles. The number of halogens is 1. The second-order valence-corrected chi connectivity index (χ2v) is 7.50. The first kappa shape index (κ1) is 20.4. The van der Waals surface area contributed by atoms with Gasteiger partial charge < -0.3 is 19.7 Å². The van der Waals surface area contributed by atoms with E-state index in [1.165, 1.54) is 19.2 Å². The summed E-state index contributed by atoms with van der Waals surface area (Å²) >= 11 is 5.80. The number of hydrogen-bond acceptors (Lipinski definition) is 5. The van der Waals surface area contributed by atoms with Crippen LogP contribution in [-0.4, -0.2) is 46.8 Å². The van der Waals surface area contributed by atoms with Gasteiger partial charge in [-0.15, -0.1) is 0 Å². The highest BCUT2D eigenvalue weighted by Crippen LogP contribution is 2.38. The SMILES string of the molecule is CC(=O)NCC(=Cc1cnc(Cl)cc1C(=O)O)B1OC(C)(C)C(C)(C)O1. The fourth-order valence-corrected chi connectivity index (χ4v) is 2.52. The monoisotopic (exact) mass is 380 g/mol. The molecule has 0 radical (unpaired) electrons. The Morgan fingerprint density at radius 2 is 1.88 bits per heavy atom. The van der Waals surface area contributed by atoms with E-state index in [2.05, 4.69) is 10.3 Å². The van der Waals surface area contributed by atoms with Crippen LogP contribution in [0.4, 0.5) is 0 Å². The Morgan fingerprint density at radius 1 is 1.31 bits per heavy atom. The average molecular weight is 381 g/mol. The summed E-state index contributed by atoms with van der Waals surface area (Å²) in [5, 5.41) is 12.2. The summed E-state index contributed by atoms with van der Waals surface area (Å²) in [6.07, 6.45) is 2.97. The molecule has 1 fully saturated rings. The Hall–Kier alpha value is -1.90. The fraction of sp³-hybridized carbons (Fsp3) is 0.471. The van der Waals surface area contributed by atoms with Gasteiger partial charge in [-0.3, -0.25) is 4.79 Å². The van der Waals surface area contributed by atoms with Gasteiger partial charge in [0.1, 0.15) is 5.15 Å². The standard InChI is InChI=1S/C17H22BClN2O5/c1-10(22)20-9-12(18-25-16(2,3)17(4,5)26-18)6-11-8-21-14(19)7-13(11)15(23)24/h6-8H,9H2,1-5H3,(H,20,22)(H,23,24). The maximum absolute atomic E-state index is 11.5. The Labute approximate surface area is 157 Å². The molecule has 7 nitrogen and oxygen atoms in total. The predicted molar refractivity (Wildman–Crippen MR) is 98.9 cm³/mol. The van der Waals surface area contributed by atoms with E-state index in [1.54, 1.807) is 6.08 Å². The van der Waals surface area contributed by atoms with Crippen molar-refractivity contribution in [2.45, 2.75) is 45.8 Å². The van der Waals surface area contributed by atoms with E-state index in [-0.39, 0.29) is 23.2 Å². The molecule has 2 N–H and O–H groups in total. The lowest BCUT2D eigenvalue weighted by molar-refractivity contribution is -0.118. The first-order chi connectivity index (χ1) is 11.9. The number of carboxylic acid groups (broad SMARTS) is 1. The predicted octanol–water partition coefficient (Wildman–Crippen LogP) is 2.58. The largest absolute Gasteiger partial charge is 0.492 e. The summed E-state index contributed by atoms with van der Waals surface area (Å²) in [5.74, 6) is -1.35. The molecule has 1 aliphatic rings. The number of amides is 1. The van der Waals surface area contributed by atoms with Crippen LogP contribution in [-0.2, 0) is 14.1 Å². The van der Waals surface area contributed by atoms with Gasteiger partial charge in [-0.1, -0.05) is 17.7 Å². The smallest absolute Gasteiger partial charge is 0.478 e. The molecule has 26 heavy (non-hydrogen) atoms. The molecular formula is C17H22BClN2O5. The van der Waals surface area contributed by atoms with Crippen molar-refractivity contribution in [3.8, 4) is 0 Å². The molecular weight excluding hydrogens is 358 g/mol. The van der Waals surface area contributed by atoms with Crippen LogP contribution in [0.5, 0.6) is 0 Å². The van der Waals surface area contributed by atoms with Crippen LogP contribution >= 0.6 is 11.6 Å². The molecule has 1 amide bonds. The molecule has 0 unspecified atom stereocenters. The van der Waals surface area contributed by atoms with Crippen molar-refractivity contribution in [3.05, 3.63) is 34.0 Å². The zero-order chi connectivity index (χ0) is 19.7. The van der Waals surface area contributed by atoms with Gasteiger partial charge in [-0.2, -0.15) is 0 Å². The van der Waals surface area contributed by atoms with Gasteiger partial charge in [0, 0.05) is 25.2 Å². The lowest BCUT2D eigenvalue weighted by atomic mass is 9.76. The Bertz CT molecular complexity index is 748. The summed E-state index contributed by atoms with van der Waals surface area (Å²) in [6, 6.07) is 1.27. The number of carbonyl (C=O) groups excluding carboxylic acids is 1. The van der Waals surface area contributed by atoms with Gasteiger partial charge in [0.25, 0.3) is 0 Å². The number of carboxylic acids is 1. The third-order valence-corrected chi connectivity index (χ3v) is 4.78. The van der Waals surface area contributed by atoms with Crippen LogP contribution in [0.1, 0.15) is 50.5 Å². The minimum atomic E-state index is -1.13. The molecule has 1 aromatic rings. The fourth-order valence-electron chi connectivity index (χ4n) is 2.36. The number of carbonyl (C=O) groups is 2. The van der Waals surface area contributed by atoms with E-state index in [9.17, 15) is 14.7 Å². The van der Waals surface area contributed by atoms with Crippen molar-refractivity contribution < 1.29 is 24.0 Å². The van der Waals surface area contributed by atoms with E-state index >= 15 is 0 Å². The zero-order valence-electron chi connectivity index (χ0n) is 15.4. The van der Waals surface area contributed by atoms with E-state index < -0.39 is 24.3 Å². The summed E-state index contributed by atoms with van der Waals surface area (Å²) < 4.78 is 12.0. The van der Waals surface area contributed by atoms with E-state index in [0.29, 0.717) is 11.0 Å². The van der Waals surface area contributed by atoms with E-state index in [4.69, 9.17) is 20.9 Å². The number of pyridine rings is 1. The van der Waals surface area contributed by atoms with Crippen LogP contribution in [0.15, 0.2) is 17.7 Å². The summed E-state index contributed by atoms with van der Waals surface area (Å²) in [6.45, 7) is 9.19. The first-order valence-corrected chi connectivity index (χ1v) is 8.50. The topological polar surface area (TPSA) is 97.8 Å². The van der Waals surface area contributed by atoms with Crippen molar-refractivity contribution in [2.75, 3.05) is 6.54 Å². The molecule has 9 heteroatoms. The number of nitrogens with one attached hydrogen (secondary N) is 1. The lowest BCUT2D eigenvalue weighted by Gasteiger charge is -2.32. The van der Waals surface area contributed by atoms with Crippen molar-refractivity contribution >= 4 is 36.7 Å². The van der Waals surface area contributed by atoms with Crippen LogP contribution in [0.3, 0.4) is 0 Å². The Morgan fingerprint density at radius 3 is 2.38 bits per heavy atom. The van der Waals surface area contributed by atoms with Crippen LogP contribution in [0.2, 0.25) is 5.15 Å². The van der Waals surface area contributed by atoms with Gasteiger partial charge in [0.15, 0.2) is 0 Å². The van der Waals surface area contributed by atoms with E-state index in [0.717, 1.165) is 0 Å². The number of rotatable bonds is 5. The van der Waals surface area contributed by atoms with Gasteiger partial charge in [0.05, 0.1) is 16.8 Å². The number of nitrogens with zero attached hydrogens (tertiary/aromatic N) is 1. The van der Waals surface area contributed by atoms with Crippen LogP contribution in [0, 0.1) is 0 Å². The van der Waals surface area contributed by atoms with Gasteiger partial charge in [-0.25, -0.2) is 9.78 Å². The van der Waals surface area contributed by atoms with Crippen molar-refractivity contribution in [2.24, 2.45) is 0 Å². The normalized spacial score (nSPS) is 18.7. The van der Waals surface area contributed by atoms with Gasteiger partial charge in [0.2, 0.25) is 5.91 Å². The second kappa shape index (κ2) is 7.38. The van der Waals surface area contributed by atoms with Crippen LogP contribution in [0.25, 0.3) is 6.08 Å². The minimum absolute atomic E-state index is 0.00171. The second-order valence-electron chi connectivity index (χ2n) is 7.12. The lowest BCUT2D eigenvalue weighted by Crippen LogP contribution is -2.41. The molecule has 0 spiro atoms. The summed E-state index contributed by atoms with van der Waals surface area (Å²) in [5.41, 5.74) is -0.217. The highest BCUT2D eigenvalue weighted by atomic mass is 35.5. The summed E-state index contributed by atoms with van der Waals surface area (Å²) in [4.78, 5) is 26.8. The molecule has 2 heterocycles. The Kier molecular flexibility index (Phi) is 5.80. The highest BCUT2D eigenvalue weighted by molar-refractivity contribution is 6.56. The molecule has 1 aromatic heterocycles. The maximum atomic E-state index is 11.5. The van der Waals surface area contributed by atoms with Gasteiger partial charge in [-0.05, 0) is 39.2 Å². The highest BCUT2D eigenvalue weighted by Gasteiger charge is 2.52. The molecule has 0 atom stereocenters. The molecule has 1 saturated heterocycles. The molecule has 1 aliphatic heterocycles. The molecule has 140 valence electrons. The number of hydrogen-bond donors (Lipinski definition) is 2. The number of aromatic nitrogens is 1. The minimum Gasteiger partial charge on any atom is -0.478 e. The van der Waals surface area contributed by atoms with Gasteiger partial charge >= 0.3 is 13.1 Å². The van der Waals surface area contributed by atoms with Crippen molar-refractivity contribution in [1.29, 1.82) is 0 Å². The summed E-state index contributed by atoms with van der Waals surface area (Å²) in [7, 11) is -0.732. The van der Waals surface area contributed by atoms with E-state index in [1.807, 2.05) is 27.7 Å². The first-order valence-electron chi connectivity index (χ1n) is 8.12. The van der Waals surface area contributed by atoms with Crippen LogP contribution < -0.4 is 5.32 Å². The third kappa shape index (κ3) is 4.44.